The van der Waals surface area contributed by atoms with Crippen LogP contribution in [0.15, 0.2) is 24.3 Å². The first-order chi connectivity index (χ1) is 10.7. The molecular formula is C17H24ClN3O. The second-order valence-electron chi connectivity index (χ2n) is 6.40. The Kier molecular flexibility index (Phi) is 5.01. The molecule has 1 aromatic rings. The molecule has 0 bridgehead atoms. The van der Waals surface area contributed by atoms with Crippen molar-refractivity contribution in [2.75, 3.05) is 38.1 Å². The van der Waals surface area contributed by atoms with Crippen molar-refractivity contribution in [3.63, 3.8) is 0 Å². The fraction of sp³-hybridized carbons (Fsp3) is 0.588. The Hall–Kier alpha value is -1.10. The SMILES string of the molecule is CN(CC1CCCNC1)C1CCN(c2ccccc2Cl)C1=O. The number of carbonyl (C=O) groups is 1. The number of amides is 1. The summed E-state index contributed by atoms with van der Waals surface area (Å²) in [5.74, 6) is 0.834. The maximum absolute atomic E-state index is 12.8. The molecule has 2 aliphatic rings. The van der Waals surface area contributed by atoms with Crippen LogP contribution < -0.4 is 10.2 Å². The van der Waals surface area contributed by atoms with Gasteiger partial charge in [0, 0.05) is 13.1 Å². The van der Waals surface area contributed by atoms with E-state index in [0.717, 1.165) is 38.3 Å². The van der Waals surface area contributed by atoms with Gasteiger partial charge in [0.25, 0.3) is 0 Å². The highest BCUT2D eigenvalue weighted by Crippen LogP contribution is 2.30. The van der Waals surface area contributed by atoms with E-state index in [2.05, 4.69) is 17.3 Å². The summed E-state index contributed by atoms with van der Waals surface area (Å²) in [4.78, 5) is 16.8. The summed E-state index contributed by atoms with van der Waals surface area (Å²) in [7, 11) is 2.08. The molecule has 22 heavy (non-hydrogen) atoms. The standard InChI is InChI=1S/C17H24ClN3O/c1-20(12-13-5-4-9-19-11-13)16-8-10-21(17(16)22)15-7-3-2-6-14(15)18/h2-3,6-7,13,16,19H,4-5,8-12H2,1H3. The largest absolute Gasteiger partial charge is 0.316 e. The van der Waals surface area contributed by atoms with Crippen LogP contribution in [0.3, 0.4) is 0 Å². The van der Waals surface area contributed by atoms with Crippen LogP contribution in [0, 0.1) is 5.92 Å². The third kappa shape index (κ3) is 3.29. The summed E-state index contributed by atoms with van der Waals surface area (Å²) < 4.78 is 0. The number of nitrogens with one attached hydrogen (secondary N) is 1. The number of hydrogen-bond donors (Lipinski definition) is 1. The summed E-state index contributed by atoms with van der Waals surface area (Å²) in [6, 6.07) is 7.58. The van der Waals surface area contributed by atoms with Crippen molar-refractivity contribution in [2.24, 2.45) is 5.92 Å². The van der Waals surface area contributed by atoms with Gasteiger partial charge in [-0.2, -0.15) is 0 Å². The van der Waals surface area contributed by atoms with Crippen molar-refractivity contribution in [1.82, 2.24) is 10.2 Å². The van der Waals surface area contributed by atoms with Crippen molar-refractivity contribution in [2.45, 2.75) is 25.3 Å². The number of benzene rings is 1. The van der Waals surface area contributed by atoms with Gasteiger partial charge in [-0.1, -0.05) is 23.7 Å². The van der Waals surface area contributed by atoms with Crippen LogP contribution in [0.1, 0.15) is 19.3 Å². The Bertz CT molecular complexity index is 530. The van der Waals surface area contributed by atoms with E-state index >= 15 is 0 Å². The highest BCUT2D eigenvalue weighted by Gasteiger charge is 2.36. The smallest absolute Gasteiger partial charge is 0.244 e. The Labute approximate surface area is 137 Å². The molecule has 0 saturated carbocycles. The molecular weight excluding hydrogens is 298 g/mol. The molecule has 1 aromatic carbocycles. The Morgan fingerprint density at radius 2 is 2.18 bits per heavy atom. The number of rotatable bonds is 4. The zero-order chi connectivity index (χ0) is 15.5. The molecule has 2 unspecified atom stereocenters. The number of likely N-dealkylation sites (N-methyl/N-ethyl adjacent to an activating group) is 1. The predicted octanol–water partition coefficient (Wildman–Crippen LogP) is 2.38. The molecule has 0 spiro atoms. The zero-order valence-electron chi connectivity index (χ0n) is 13.1. The molecule has 3 rings (SSSR count). The molecule has 2 atom stereocenters. The second-order valence-corrected chi connectivity index (χ2v) is 6.80. The van der Waals surface area contributed by atoms with Crippen LogP contribution in [-0.2, 0) is 4.79 Å². The molecule has 1 amide bonds. The van der Waals surface area contributed by atoms with E-state index in [4.69, 9.17) is 11.6 Å². The lowest BCUT2D eigenvalue weighted by atomic mass is 9.98. The Morgan fingerprint density at radius 3 is 2.91 bits per heavy atom. The van der Waals surface area contributed by atoms with Crippen LogP contribution in [0.5, 0.6) is 0 Å². The average molecular weight is 322 g/mol. The fourth-order valence-electron chi connectivity index (χ4n) is 3.60. The number of anilines is 1. The van der Waals surface area contributed by atoms with Crippen molar-refractivity contribution < 1.29 is 4.79 Å². The molecule has 0 aromatic heterocycles. The average Bonchev–Trinajstić information content (AvgIpc) is 2.90. The van der Waals surface area contributed by atoms with Gasteiger partial charge in [-0.25, -0.2) is 0 Å². The normalized spacial score (nSPS) is 26.0. The minimum absolute atomic E-state index is 0.0156. The van der Waals surface area contributed by atoms with Crippen LogP contribution in [-0.4, -0.2) is 50.1 Å². The monoisotopic (exact) mass is 321 g/mol. The van der Waals surface area contributed by atoms with Gasteiger partial charge in [0.15, 0.2) is 0 Å². The lowest BCUT2D eigenvalue weighted by Crippen LogP contribution is -2.44. The molecule has 0 radical (unpaired) electrons. The summed E-state index contributed by atoms with van der Waals surface area (Å²) in [5, 5.41) is 4.09. The molecule has 5 heteroatoms. The molecule has 2 heterocycles. The van der Waals surface area contributed by atoms with Crippen LogP contribution in [0.4, 0.5) is 5.69 Å². The molecule has 2 aliphatic heterocycles. The van der Waals surface area contributed by atoms with E-state index in [0.29, 0.717) is 10.9 Å². The number of nitrogens with zero attached hydrogens (tertiary/aromatic N) is 2. The van der Waals surface area contributed by atoms with Crippen molar-refractivity contribution >= 4 is 23.2 Å². The second kappa shape index (κ2) is 6.99. The molecule has 4 nitrogen and oxygen atoms in total. The third-order valence-corrected chi connectivity index (χ3v) is 5.12. The third-order valence-electron chi connectivity index (χ3n) is 4.80. The summed E-state index contributed by atoms with van der Waals surface area (Å²) in [6.45, 7) is 3.93. The first-order valence-electron chi connectivity index (χ1n) is 8.13. The van der Waals surface area contributed by atoms with Gasteiger partial charge in [0.2, 0.25) is 5.91 Å². The van der Waals surface area contributed by atoms with Gasteiger partial charge in [0.05, 0.1) is 16.8 Å². The predicted molar refractivity (Wildman–Crippen MR) is 90.4 cm³/mol. The van der Waals surface area contributed by atoms with Crippen molar-refractivity contribution in [1.29, 1.82) is 0 Å². The number of halogens is 1. The van der Waals surface area contributed by atoms with E-state index in [1.165, 1.54) is 12.8 Å². The fourth-order valence-corrected chi connectivity index (χ4v) is 3.84. The van der Waals surface area contributed by atoms with E-state index in [1.807, 2.05) is 29.2 Å². The van der Waals surface area contributed by atoms with Gasteiger partial charge in [0.1, 0.15) is 0 Å². The minimum Gasteiger partial charge on any atom is -0.316 e. The van der Waals surface area contributed by atoms with Gasteiger partial charge in [-0.3, -0.25) is 9.69 Å². The van der Waals surface area contributed by atoms with E-state index in [-0.39, 0.29) is 11.9 Å². The molecule has 1 N–H and O–H groups in total. The number of piperidine rings is 1. The maximum Gasteiger partial charge on any atom is 0.244 e. The van der Waals surface area contributed by atoms with Crippen LogP contribution >= 0.6 is 11.6 Å². The number of hydrogen-bond acceptors (Lipinski definition) is 3. The maximum atomic E-state index is 12.8. The van der Waals surface area contributed by atoms with Crippen LogP contribution in [0.25, 0.3) is 0 Å². The van der Waals surface area contributed by atoms with Crippen molar-refractivity contribution in [3.8, 4) is 0 Å². The van der Waals surface area contributed by atoms with E-state index in [1.54, 1.807) is 0 Å². The van der Waals surface area contributed by atoms with E-state index in [9.17, 15) is 4.79 Å². The minimum atomic E-state index is -0.0156. The molecule has 2 saturated heterocycles. The lowest BCUT2D eigenvalue weighted by molar-refractivity contribution is -0.121. The quantitative estimate of drug-likeness (QED) is 0.925. The summed E-state index contributed by atoms with van der Waals surface area (Å²) in [6.07, 6.45) is 3.37. The van der Waals surface area contributed by atoms with Crippen LogP contribution in [0.2, 0.25) is 5.02 Å². The number of para-hydroxylation sites is 1. The highest BCUT2D eigenvalue weighted by molar-refractivity contribution is 6.33. The molecule has 0 aliphatic carbocycles. The lowest BCUT2D eigenvalue weighted by Gasteiger charge is -2.30. The summed E-state index contributed by atoms with van der Waals surface area (Å²) >= 11 is 6.24. The molecule has 120 valence electrons. The van der Waals surface area contributed by atoms with Crippen molar-refractivity contribution in [3.05, 3.63) is 29.3 Å². The Morgan fingerprint density at radius 1 is 1.36 bits per heavy atom. The molecule has 2 fully saturated rings. The first kappa shape index (κ1) is 15.8. The van der Waals surface area contributed by atoms with Gasteiger partial charge in [-0.15, -0.1) is 0 Å². The first-order valence-corrected chi connectivity index (χ1v) is 8.51. The summed E-state index contributed by atoms with van der Waals surface area (Å²) in [5.41, 5.74) is 0.837. The van der Waals surface area contributed by atoms with E-state index < -0.39 is 0 Å². The topological polar surface area (TPSA) is 35.6 Å². The zero-order valence-corrected chi connectivity index (χ0v) is 13.9. The Balaban J connectivity index is 1.64. The van der Waals surface area contributed by atoms with Gasteiger partial charge in [-0.05, 0) is 57.5 Å². The van der Waals surface area contributed by atoms with Gasteiger partial charge >= 0.3 is 0 Å². The number of carbonyl (C=O) groups excluding carboxylic acids is 1. The van der Waals surface area contributed by atoms with Gasteiger partial charge < -0.3 is 10.2 Å². The highest BCUT2D eigenvalue weighted by atomic mass is 35.5.